The number of carbonyl (C=O) groups is 1. The largest absolute Gasteiger partial charge is 0.492 e. The zero-order valence-electron chi connectivity index (χ0n) is 10.6. The van der Waals surface area contributed by atoms with Gasteiger partial charge in [0.1, 0.15) is 5.75 Å². The van der Waals surface area contributed by atoms with E-state index in [9.17, 15) is 4.79 Å². The Morgan fingerprint density at radius 2 is 2.39 bits per heavy atom. The van der Waals surface area contributed by atoms with Crippen LogP contribution in [-0.2, 0) is 11.2 Å². The number of benzene rings is 1. The molecule has 18 heavy (non-hydrogen) atoms. The molecule has 0 saturated heterocycles. The first-order valence-electron chi connectivity index (χ1n) is 6.27. The highest BCUT2D eigenvalue weighted by atomic mass is 16.5. The maximum Gasteiger partial charge on any atom is 0.183 e. The molecule has 0 radical (unpaired) electrons. The minimum atomic E-state index is -0.476. The fourth-order valence-corrected chi connectivity index (χ4v) is 2.19. The van der Waals surface area contributed by atoms with E-state index in [1.54, 1.807) is 13.2 Å². The molecular formula is C14H19NO3. The Morgan fingerprint density at radius 1 is 1.56 bits per heavy atom. The maximum atomic E-state index is 12.3. The first kappa shape index (κ1) is 13.1. The lowest BCUT2D eigenvalue weighted by atomic mass is 9.98. The lowest BCUT2D eigenvalue weighted by Crippen LogP contribution is -2.31. The Hall–Kier alpha value is -1.39. The van der Waals surface area contributed by atoms with Gasteiger partial charge in [-0.1, -0.05) is 12.1 Å². The number of fused-ring (bicyclic) bond motifs is 1. The number of ketones is 1. The number of methoxy groups -OCH3 is 1. The van der Waals surface area contributed by atoms with E-state index in [1.807, 2.05) is 12.1 Å². The summed E-state index contributed by atoms with van der Waals surface area (Å²) in [5, 5.41) is 0. The summed E-state index contributed by atoms with van der Waals surface area (Å²) in [6.07, 6.45) is 2.30. The second-order valence-electron chi connectivity index (χ2n) is 4.50. The standard InChI is InChI=1S/C14H19NO3/c1-17-8-3-6-12(15)13(16)11-5-2-4-10-7-9-18-14(10)11/h2,4-5,12H,3,6-9,15H2,1H3. The number of carbonyl (C=O) groups excluding carboxylic acids is 1. The molecule has 1 atom stereocenters. The first-order chi connectivity index (χ1) is 8.74. The molecule has 0 bridgehead atoms. The molecule has 1 unspecified atom stereocenters. The van der Waals surface area contributed by atoms with Gasteiger partial charge in [-0.3, -0.25) is 4.79 Å². The van der Waals surface area contributed by atoms with Crippen molar-refractivity contribution in [1.29, 1.82) is 0 Å². The number of rotatable bonds is 6. The Kier molecular flexibility index (Phi) is 4.33. The van der Waals surface area contributed by atoms with Crippen LogP contribution >= 0.6 is 0 Å². The van der Waals surface area contributed by atoms with E-state index in [0.717, 1.165) is 24.2 Å². The van der Waals surface area contributed by atoms with E-state index >= 15 is 0 Å². The fraction of sp³-hybridized carbons (Fsp3) is 0.500. The van der Waals surface area contributed by atoms with Gasteiger partial charge in [0.2, 0.25) is 0 Å². The highest BCUT2D eigenvalue weighted by molar-refractivity contribution is 6.02. The van der Waals surface area contributed by atoms with Crippen molar-refractivity contribution in [1.82, 2.24) is 0 Å². The maximum absolute atomic E-state index is 12.3. The van der Waals surface area contributed by atoms with Crippen LogP contribution in [0.1, 0.15) is 28.8 Å². The average Bonchev–Trinajstić information content (AvgIpc) is 2.86. The second-order valence-corrected chi connectivity index (χ2v) is 4.50. The molecule has 2 N–H and O–H groups in total. The number of para-hydroxylation sites is 1. The van der Waals surface area contributed by atoms with E-state index in [-0.39, 0.29) is 5.78 Å². The fourth-order valence-electron chi connectivity index (χ4n) is 2.19. The van der Waals surface area contributed by atoms with Crippen LogP contribution in [-0.4, -0.2) is 32.1 Å². The van der Waals surface area contributed by atoms with E-state index in [4.69, 9.17) is 15.2 Å². The second kappa shape index (κ2) is 5.98. The van der Waals surface area contributed by atoms with Crippen LogP contribution in [0.15, 0.2) is 18.2 Å². The molecule has 0 aliphatic carbocycles. The number of nitrogens with two attached hydrogens (primary N) is 1. The number of ether oxygens (including phenoxy) is 2. The monoisotopic (exact) mass is 249 g/mol. The van der Waals surface area contributed by atoms with Crippen LogP contribution in [0, 0.1) is 0 Å². The van der Waals surface area contributed by atoms with Crippen LogP contribution in [0.4, 0.5) is 0 Å². The van der Waals surface area contributed by atoms with Gasteiger partial charge in [-0.2, -0.15) is 0 Å². The van der Waals surface area contributed by atoms with Crippen LogP contribution < -0.4 is 10.5 Å². The predicted octanol–water partition coefficient (Wildman–Crippen LogP) is 1.56. The molecule has 1 aromatic carbocycles. The normalized spacial score (nSPS) is 15.0. The molecule has 1 aliphatic rings. The molecule has 0 fully saturated rings. The van der Waals surface area contributed by atoms with Gasteiger partial charge in [0.05, 0.1) is 18.2 Å². The highest BCUT2D eigenvalue weighted by Crippen LogP contribution is 2.30. The van der Waals surface area contributed by atoms with Gasteiger partial charge in [-0.25, -0.2) is 0 Å². The molecule has 0 spiro atoms. The van der Waals surface area contributed by atoms with Crippen molar-refractivity contribution in [3.05, 3.63) is 29.3 Å². The summed E-state index contributed by atoms with van der Waals surface area (Å²) in [5.74, 6) is 0.689. The lowest BCUT2D eigenvalue weighted by Gasteiger charge is -2.12. The van der Waals surface area contributed by atoms with Gasteiger partial charge < -0.3 is 15.2 Å². The molecule has 1 aromatic rings. The summed E-state index contributed by atoms with van der Waals surface area (Å²) < 4.78 is 10.5. The van der Waals surface area contributed by atoms with E-state index < -0.39 is 6.04 Å². The molecule has 0 saturated carbocycles. The van der Waals surface area contributed by atoms with Crippen molar-refractivity contribution in [2.75, 3.05) is 20.3 Å². The third-order valence-electron chi connectivity index (χ3n) is 3.18. The highest BCUT2D eigenvalue weighted by Gasteiger charge is 2.23. The van der Waals surface area contributed by atoms with E-state index in [0.29, 0.717) is 25.2 Å². The van der Waals surface area contributed by atoms with Gasteiger partial charge in [0.15, 0.2) is 5.78 Å². The number of hydrogen-bond acceptors (Lipinski definition) is 4. The van der Waals surface area contributed by atoms with E-state index in [2.05, 4.69) is 0 Å². The van der Waals surface area contributed by atoms with Crippen molar-refractivity contribution in [3.8, 4) is 5.75 Å². The van der Waals surface area contributed by atoms with Crippen molar-refractivity contribution in [2.45, 2.75) is 25.3 Å². The Bertz CT molecular complexity index is 431. The van der Waals surface area contributed by atoms with Gasteiger partial charge >= 0.3 is 0 Å². The van der Waals surface area contributed by atoms with Gasteiger partial charge in [0.25, 0.3) is 0 Å². The van der Waals surface area contributed by atoms with Crippen LogP contribution in [0.2, 0.25) is 0 Å². The van der Waals surface area contributed by atoms with Crippen molar-refractivity contribution < 1.29 is 14.3 Å². The Morgan fingerprint density at radius 3 is 3.17 bits per heavy atom. The molecule has 4 nitrogen and oxygen atoms in total. The van der Waals surface area contributed by atoms with Crippen LogP contribution in [0.5, 0.6) is 5.75 Å². The van der Waals surface area contributed by atoms with Crippen LogP contribution in [0.25, 0.3) is 0 Å². The summed E-state index contributed by atoms with van der Waals surface area (Å²) in [5.41, 5.74) is 7.65. The van der Waals surface area contributed by atoms with Gasteiger partial charge in [0, 0.05) is 20.1 Å². The zero-order valence-corrected chi connectivity index (χ0v) is 10.6. The smallest absolute Gasteiger partial charge is 0.183 e. The summed E-state index contributed by atoms with van der Waals surface area (Å²) in [4.78, 5) is 12.3. The summed E-state index contributed by atoms with van der Waals surface area (Å²) in [6.45, 7) is 1.28. The molecule has 98 valence electrons. The number of hydrogen-bond donors (Lipinski definition) is 1. The lowest BCUT2D eigenvalue weighted by molar-refractivity contribution is 0.0947. The minimum Gasteiger partial charge on any atom is -0.492 e. The SMILES string of the molecule is COCCCC(N)C(=O)c1cccc2c1OCC2. The van der Waals surface area contributed by atoms with Crippen molar-refractivity contribution in [3.63, 3.8) is 0 Å². The number of Topliss-reactive ketones (excluding diaryl/α,β-unsaturated/α-hetero) is 1. The van der Waals surface area contributed by atoms with Crippen molar-refractivity contribution in [2.24, 2.45) is 5.73 Å². The first-order valence-corrected chi connectivity index (χ1v) is 6.27. The van der Waals surface area contributed by atoms with Gasteiger partial charge in [-0.15, -0.1) is 0 Å². The average molecular weight is 249 g/mol. The quantitative estimate of drug-likeness (QED) is 0.614. The van der Waals surface area contributed by atoms with E-state index in [1.165, 1.54) is 0 Å². The summed E-state index contributed by atoms with van der Waals surface area (Å²) in [7, 11) is 1.64. The minimum absolute atomic E-state index is 0.0372. The molecule has 0 aromatic heterocycles. The molecular weight excluding hydrogens is 230 g/mol. The molecule has 1 aliphatic heterocycles. The molecule has 0 amide bonds. The molecule has 2 rings (SSSR count). The topological polar surface area (TPSA) is 61.5 Å². The summed E-state index contributed by atoms with van der Waals surface area (Å²) in [6, 6.07) is 5.21. The third kappa shape index (κ3) is 2.71. The van der Waals surface area contributed by atoms with Crippen molar-refractivity contribution >= 4 is 5.78 Å². The summed E-state index contributed by atoms with van der Waals surface area (Å²) >= 11 is 0. The van der Waals surface area contributed by atoms with Crippen LogP contribution in [0.3, 0.4) is 0 Å². The third-order valence-corrected chi connectivity index (χ3v) is 3.18. The molecule has 1 heterocycles. The Balaban J connectivity index is 2.07. The zero-order chi connectivity index (χ0) is 13.0. The molecule has 4 heteroatoms. The van der Waals surface area contributed by atoms with Gasteiger partial charge in [-0.05, 0) is 24.5 Å². The Labute approximate surface area is 107 Å². The predicted molar refractivity (Wildman–Crippen MR) is 69.1 cm³/mol.